The minimum Gasteiger partial charge on any atom is -0.349 e. The Balaban J connectivity index is 1.99. The Labute approximate surface area is 99.6 Å². The molecule has 2 atom stereocenters. The van der Waals surface area contributed by atoms with Gasteiger partial charge in [0.1, 0.15) is 0 Å². The molecule has 0 radical (unpaired) electrons. The van der Waals surface area contributed by atoms with Gasteiger partial charge in [-0.2, -0.15) is 0 Å². The highest BCUT2D eigenvalue weighted by molar-refractivity contribution is 6.31. The molecule has 0 unspecified atom stereocenters. The van der Waals surface area contributed by atoms with E-state index in [9.17, 15) is 4.79 Å². The van der Waals surface area contributed by atoms with Crippen LogP contribution in [0, 0.1) is 0 Å². The summed E-state index contributed by atoms with van der Waals surface area (Å²) in [6, 6.07) is 7.93. The summed E-state index contributed by atoms with van der Waals surface area (Å²) in [6.45, 7) is 3.36. The van der Waals surface area contributed by atoms with Gasteiger partial charge in [-0.1, -0.05) is 36.4 Å². The van der Waals surface area contributed by atoms with Crippen LogP contribution in [0.15, 0.2) is 42.7 Å². The zero-order valence-electron chi connectivity index (χ0n) is 8.74. The van der Waals surface area contributed by atoms with Crippen LogP contribution in [0.4, 0.5) is 0 Å². The van der Waals surface area contributed by atoms with Gasteiger partial charge in [0, 0.05) is 23.1 Å². The maximum absolute atomic E-state index is 11.3. The number of halogens is 1. The van der Waals surface area contributed by atoms with Crippen molar-refractivity contribution in [3.8, 4) is 0 Å². The van der Waals surface area contributed by atoms with E-state index in [1.54, 1.807) is 0 Å². The quantitative estimate of drug-likeness (QED) is 0.631. The van der Waals surface area contributed by atoms with Crippen LogP contribution in [0.3, 0.4) is 0 Å². The first kappa shape index (κ1) is 11.0. The lowest BCUT2D eigenvalue weighted by Gasteiger charge is -2.03. The third kappa shape index (κ3) is 2.35. The van der Waals surface area contributed by atoms with Gasteiger partial charge in [-0.05, 0) is 18.1 Å². The monoisotopic (exact) mass is 233 g/mol. The summed E-state index contributed by atoms with van der Waals surface area (Å²) in [6.07, 6.45) is 2.25. The number of amides is 1. The van der Waals surface area contributed by atoms with Gasteiger partial charge in [0.2, 0.25) is 0 Å². The maximum atomic E-state index is 11.3. The summed E-state index contributed by atoms with van der Waals surface area (Å²) in [5.41, 5.74) is 3.56. The molecule has 1 aromatic carbocycles. The van der Waals surface area contributed by atoms with E-state index in [2.05, 4.69) is 17.6 Å². The predicted molar refractivity (Wildman–Crippen MR) is 64.5 cm³/mol. The third-order valence-corrected chi connectivity index (χ3v) is 3.00. The molecule has 0 bridgehead atoms. The minimum atomic E-state index is -0.144. The molecule has 1 aliphatic rings. The first-order chi connectivity index (χ1) is 7.72. The van der Waals surface area contributed by atoms with Crippen LogP contribution >= 0.6 is 11.6 Å². The fraction of sp³-hybridized carbons (Fsp3) is 0.231. The second kappa shape index (κ2) is 4.56. The molecule has 3 heteroatoms. The summed E-state index contributed by atoms with van der Waals surface area (Å²) < 4.78 is 0. The minimum absolute atomic E-state index is 0.144. The zero-order valence-corrected chi connectivity index (χ0v) is 9.50. The third-order valence-electron chi connectivity index (χ3n) is 2.66. The van der Waals surface area contributed by atoms with E-state index >= 15 is 0 Å². The number of benzene rings is 1. The largest absolute Gasteiger partial charge is 0.349 e. The van der Waals surface area contributed by atoms with Crippen LogP contribution in [0.25, 0.3) is 0 Å². The van der Waals surface area contributed by atoms with Gasteiger partial charge in [0.25, 0.3) is 5.91 Å². The molecule has 1 saturated carbocycles. The molecule has 1 amide bonds. The summed E-state index contributed by atoms with van der Waals surface area (Å²) in [4.78, 5) is 11.3. The average Bonchev–Trinajstić information content (AvgIpc) is 2.98. The SMILES string of the molecule is C=C=CC(=O)N[C@@H]1C[C@H]1c1ccccc1Cl. The summed E-state index contributed by atoms with van der Waals surface area (Å²) >= 11 is 6.08. The van der Waals surface area contributed by atoms with E-state index in [1.165, 1.54) is 6.08 Å². The standard InChI is InChI=1S/C13H12ClNO/c1-2-5-13(16)15-12-8-10(12)9-6-3-4-7-11(9)14/h3-7,10,12H,1,8H2,(H,15,16)/t10-,12+/m0/s1. The van der Waals surface area contributed by atoms with E-state index in [1.807, 2.05) is 24.3 Å². The molecule has 0 heterocycles. The predicted octanol–water partition coefficient (Wildman–Crippen LogP) is 2.65. The van der Waals surface area contributed by atoms with E-state index in [4.69, 9.17) is 11.6 Å². The summed E-state index contributed by atoms with van der Waals surface area (Å²) in [5, 5.41) is 3.64. The Kier molecular flexibility index (Phi) is 3.14. The van der Waals surface area contributed by atoms with E-state index < -0.39 is 0 Å². The topological polar surface area (TPSA) is 29.1 Å². The van der Waals surface area contributed by atoms with Crippen molar-refractivity contribution in [2.45, 2.75) is 18.4 Å². The van der Waals surface area contributed by atoms with Crippen molar-refractivity contribution in [3.05, 3.63) is 53.2 Å². The molecule has 82 valence electrons. The molecule has 2 nitrogen and oxygen atoms in total. The van der Waals surface area contributed by atoms with Crippen LogP contribution < -0.4 is 5.32 Å². The van der Waals surface area contributed by atoms with Crippen LogP contribution in [-0.2, 0) is 4.79 Å². The number of carbonyl (C=O) groups is 1. The Morgan fingerprint density at radius 1 is 1.56 bits per heavy atom. The van der Waals surface area contributed by atoms with Gasteiger partial charge in [0.05, 0.1) is 0 Å². The lowest BCUT2D eigenvalue weighted by atomic mass is 10.1. The van der Waals surface area contributed by atoms with Crippen molar-refractivity contribution >= 4 is 17.5 Å². The van der Waals surface area contributed by atoms with Crippen molar-refractivity contribution in [2.75, 3.05) is 0 Å². The molecule has 16 heavy (non-hydrogen) atoms. The van der Waals surface area contributed by atoms with Gasteiger partial charge in [-0.25, -0.2) is 0 Å². The summed E-state index contributed by atoms with van der Waals surface area (Å²) in [7, 11) is 0. The van der Waals surface area contributed by atoms with Gasteiger partial charge < -0.3 is 5.32 Å². The smallest absolute Gasteiger partial charge is 0.251 e. The van der Waals surface area contributed by atoms with Crippen molar-refractivity contribution in [1.29, 1.82) is 0 Å². The highest BCUT2D eigenvalue weighted by Crippen LogP contribution is 2.43. The molecule has 1 N–H and O–H groups in total. The van der Waals surface area contributed by atoms with Crippen molar-refractivity contribution in [2.24, 2.45) is 0 Å². The Hall–Kier alpha value is -1.50. The van der Waals surface area contributed by atoms with Crippen LogP contribution in [0.2, 0.25) is 5.02 Å². The molecular weight excluding hydrogens is 222 g/mol. The zero-order chi connectivity index (χ0) is 11.5. The second-order valence-corrected chi connectivity index (χ2v) is 4.23. The van der Waals surface area contributed by atoms with Crippen molar-refractivity contribution < 1.29 is 4.79 Å². The number of rotatable bonds is 3. The van der Waals surface area contributed by atoms with Gasteiger partial charge in [0.15, 0.2) is 0 Å². The lowest BCUT2D eigenvalue weighted by molar-refractivity contribution is -0.116. The van der Waals surface area contributed by atoms with Crippen LogP contribution in [-0.4, -0.2) is 11.9 Å². The van der Waals surface area contributed by atoms with Crippen molar-refractivity contribution in [3.63, 3.8) is 0 Å². The Morgan fingerprint density at radius 3 is 3.00 bits per heavy atom. The molecule has 0 aliphatic heterocycles. The second-order valence-electron chi connectivity index (χ2n) is 3.83. The number of hydrogen-bond acceptors (Lipinski definition) is 1. The first-order valence-electron chi connectivity index (χ1n) is 5.13. The molecule has 1 fully saturated rings. The number of carbonyl (C=O) groups excluding carboxylic acids is 1. The Morgan fingerprint density at radius 2 is 2.31 bits per heavy atom. The van der Waals surface area contributed by atoms with Gasteiger partial charge in [-0.3, -0.25) is 4.79 Å². The highest BCUT2D eigenvalue weighted by atomic mass is 35.5. The Bertz CT molecular complexity index is 463. The van der Waals surface area contributed by atoms with E-state index in [0.29, 0.717) is 5.92 Å². The first-order valence-corrected chi connectivity index (χ1v) is 5.51. The van der Waals surface area contributed by atoms with Gasteiger partial charge >= 0.3 is 0 Å². The fourth-order valence-corrected chi connectivity index (χ4v) is 2.07. The average molecular weight is 234 g/mol. The van der Waals surface area contributed by atoms with E-state index in [-0.39, 0.29) is 11.9 Å². The summed E-state index contributed by atoms with van der Waals surface area (Å²) in [5.74, 6) is 0.199. The van der Waals surface area contributed by atoms with E-state index in [0.717, 1.165) is 17.0 Å². The molecule has 1 aliphatic carbocycles. The van der Waals surface area contributed by atoms with Gasteiger partial charge in [-0.15, -0.1) is 5.73 Å². The molecule has 0 spiro atoms. The normalized spacial score (nSPS) is 22.1. The molecular formula is C13H12ClNO. The molecule has 1 aromatic rings. The fourth-order valence-electron chi connectivity index (χ4n) is 1.79. The maximum Gasteiger partial charge on any atom is 0.251 e. The van der Waals surface area contributed by atoms with Crippen molar-refractivity contribution in [1.82, 2.24) is 5.32 Å². The van der Waals surface area contributed by atoms with Crippen LogP contribution in [0.1, 0.15) is 17.9 Å². The number of nitrogens with one attached hydrogen (secondary N) is 1. The van der Waals surface area contributed by atoms with Crippen LogP contribution in [0.5, 0.6) is 0 Å². The number of hydrogen-bond donors (Lipinski definition) is 1. The molecule has 0 saturated heterocycles. The molecule has 2 rings (SSSR count). The highest BCUT2D eigenvalue weighted by Gasteiger charge is 2.40. The molecule has 0 aromatic heterocycles. The lowest BCUT2D eigenvalue weighted by Crippen LogP contribution is -2.24.